The van der Waals surface area contributed by atoms with Crippen molar-refractivity contribution < 1.29 is 0 Å². The highest BCUT2D eigenvalue weighted by Gasteiger charge is 2.19. The summed E-state index contributed by atoms with van der Waals surface area (Å²) in [6, 6.07) is 0. The van der Waals surface area contributed by atoms with Crippen LogP contribution in [0.25, 0.3) is 0 Å². The normalized spacial score (nSPS) is 17.8. The lowest BCUT2D eigenvalue weighted by Gasteiger charge is -2.34. The van der Waals surface area contributed by atoms with Gasteiger partial charge in [-0.2, -0.15) is 0 Å². The average Bonchev–Trinajstić information content (AvgIpc) is 2.30. The fraction of sp³-hybridized carbons (Fsp3) is 0.600. The van der Waals surface area contributed by atoms with E-state index in [1.807, 2.05) is 0 Å². The van der Waals surface area contributed by atoms with Gasteiger partial charge in [-0.05, 0) is 7.05 Å². The lowest BCUT2D eigenvalue weighted by molar-refractivity contribution is 0.312. The van der Waals surface area contributed by atoms with E-state index in [1.165, 1.54) is 6.33 Å². The molecule has 0 spiro atoms. The van der Waals surface area contributed by atoms with Crippen molar-refractivity contribution >= 4 is 29.0 Å². The van der Waals surface area contributed by atoms with Crippen LogP contribution in [0, 0.1) is 0 Å². The van der Waals surface area contributed by atoms with Crippen molar-refractivity contribution in [3.05, 3.63) is 17.0 Å². The molecule has 0 radical (unpaired) electrons. The predicted molar refractivity (Wildman–Crippen MR) is 66.3 cm³/mol. The lowest BCUT2D eigenvalue weighted by Crippen LogP contribution is -2.45. The number of aromatic nitrogens is 2. The first-order valence-electron chi connectivity index (χ1n) is 5.21. The van der Waals surface area contributed by atoms with Crippen LogP contribution < -0.4 is 4.90 Å². The fourth-order valence-corrected chi connectivity index (χ4v) is 2.30. The molecule has 2 heterocycles. The Morgan fingerprint density at radius 1 is 1.25 bits per heavy atom. The molecule has 6 heteroatoms. The molecule has 16 heavy (non-hydrogen) atoms. The minimum Gasteiger partial charge on any atom is -0.354 e. The van der Waals surface area contributed by atoms with Crippen LogP contribution in [0.1, 0.15) is 5.56 Å². The highest BCUT2D eigenvalue weighted by molar-refractivity contribution is 6.31. The number of hydrogen-bond donors (Lipinski definition) is 0. The lowest BCUT2D eigenvalue weighted by atomic mass is 10.2. The minimum atomic E-state index is 0.349. The van der Waals surface area contributed by atoms with E-state index in [1.54, 1.807) is 0 Å². The van der Waals surface area contributed by atoms with E-state index >= 15 is 0 Å². The Bertz CT molecular complexity index is 364. The fourth-order valence-electron chi connectivity index (χ4n) is 1.79. The Morgan fingerprint density at radius 3 is 2.56 bits per heavy atom. The molecule has 1 aromatic heterocycles. The van der Waals surface area contributed by atoms with E-state index in [2.05, 4.69) is 26.8 Å². The monoisotopic (exact) mass is 260 g/mol. The number of rotatable bonds is 2. The third-order valence-corrected chi connectivity index (χ3v) is 3.40. The van der Waals surface area contributed by atoms with Crippen LogP contribution in [0.3, 0.4) is 0 Å². The first-order chi connectivity index (χ1) is 7.72. The van der Waals surface area contributed by atoms with Gasteiger partial charge in [-0.25, -0.2) is 9.97 Å². The highest BCUT2D eigenvalue weighted by atomic mass is 35.5. The van der Waals surface area contributed by atoms with E-state index in [0.717, 1.165) is 37.6 Å². The van der Waals surface area contributed by atoms with Crippen LogP contribution in [0.2, 0.25) is 5.15 Å². The van der Waals surface area contributed by atoms with Gasteiger partial charge in [0.25, 0.3) is 0 Å². The van der Waals surface area contributed by atoms with Gasteiger partial charge in [0.2, 0.25) is 0 Å². The van der Waals surface area contributed by atoms with Crippen molar-refractivity contribution in [3.8, 4) is 0 Å². The smallest absolute Gasteiger partial charge is 0.138 e. The summed E-state index contributed by atoms with van der Waals surface area (Å²) in [5.74, 6) is 1.23. The number of halogens is 2. The number of nitrogens with zero attached hydrogens (tertiary/aromatic N) is 4. The Hall–Kier alpha value is -0.580. The summed E-state index contributed by atoms with van der Waals surface area (Å²) in [6.45, 7) is 3.97. The van der Waals surface area contributed by atoms with Gasteiger partial charge in [-0.3, -0.25) is 0 Å². The summed E-state index contributed by atoms with van der Waals surface area (Å²) in [7, 11) is 2.12. The molecule has 0 aliphatic carbocycles. The van der Waals surface area contributed by atoms with E-state index in [4.69, 9.17) is 23.2 Å². The Kier molecular flexibility index (Phi) is 3.84. The Balaban J connectivity index is 2.23. The molecule has 0 bridgehead atoms. The summed E-state index contributed by atoms with van der Waals surface area (Å²) < 4.78 is 0. The van der Waals surface area contributed by atoms with Gasteiger partial charge in [0.15, 0.2) is 0 Å². The molecule has 0 N–H and O–H groups in total. The third-order valence-electron chi connectivity index (χ3n) is 2.81. The second-order valence-corrected chi connectivity index (χ2v) is 4.52. The quantitative estimate of drug-likeness (QED) is 0.598. The van der Waals surface area contributed by atoms with E-state index in [-0.39, 0.29) is 0 Å². The van der Waals surface area contributed by atoms with Crippen molar-refractivity contribution in [3.63, 3.8) is 0 Å². The molecule has 1 aromatic rings. The predicted octanol–water partition coefficient (Wildman–Crippen LogP) is 1.62. The maximum Gasteiger partial charge on any atom is 0.138 e. The second-order valence-electron chi connectivity index (χ2n) is 3.89. The summed E-state index contributed by atoms with van der Waals surface area (Å²) in [6.07, 6.45) is 1.49. The first kappa shape index (κ1) is 11.9. The second kappa shape index (κ2) is 5.17. The van der Waals surface area contributed by atoms with Crippen molar-refractivity contribution in [2.24, 2.45) is 0 Å². The molecule has 0 atom stereocenters. The van der Waals surface area contributed by atoms with Gasteiger partial charge in [0.1, 0.15) is 17.3 Å². The molecule has 1 saturated heterocycles. The van der Waals surface area contributed by atoms with Gasteiger partial charge in [0, 0.05) is 31.7 Å². The van der Waals surface area contributed by atoms with Crippen molar-refractivity contribution in [1.82, 2.24) is 14.9 Å². The highest BCUT2D eigenvalue weighted by Crippen LogP contribution is 2.25. The molecule has 0 amide bonds. The van der Waals surface area contributed by atoms with Gasteiger partial charge in [0.05, 0.1) is 5.88 Å². The van der Waals surface area contributed by atoms with Crippen LogP contribution in [0.5, 0.6) is 0 Å². The zero-order valence-electron chi connectivity index (χ0n) is 9.16. The van der Waals surface area contributed by atoms with Crippen molar-refractivity contribution in [2.75, 3.05) is 38.1 Å². The van der Waals surface area contributed by atoms with Gasteiger partial charge >= 0.3 is 0 Å². The number of likely N-dealkylation sites (N-methyl/N-ethyl adjacent to an activating group) is 1. The number of piperazine rings is 1. The molecule has 1 fully saturated rings. The van der Waals surface area contributed by atoms with Crippen LogP contribution in [0.4, 0.5) is 5.82 Å². The molecule has 2 rings (SSSR count). The van der Waals surface area contributed by atoms with E-state index < -0.39 is 0 Å². The van der Waals surface area contributed by atoms with Gasteiger partial charge < -0.3 is 9.80 Å². The molecule has 4 nitrogen and oxygen atoms in total. The average molecular weight is 261 g/mol. The zero-order valence-corrected chi connectivity index (χ0v) is 10.7. The number of anilines is 1. The number of alkyl halides is 1. The molecule has 0 unspecified atom stereocenters. The van der Waals surface area contributed by atoms with Crippen molar-refractivity contribution in [1.29, 1.82) is 0 Å². The molecule has 0 saturated carbocycles. The SMILES string of the molecule is CN1CCN(c2ncnc(Cl)c2CCl)CC1. The maximum atomic E-state index is 6.00. The first-order valence-corrected chi connectivity index (χ1v) is 6.12. The molecular weight excluding hydrogens is 247 g/mol. The largest absolute Gasteiger partial charge is 0.354 e. The summed E-state index contributed by atoms with van der Waals surface area (Å²) in [5, 5.41) is 0.457. The van der Waals surface area contributed by atoms with Gasteiger partial charge in [-0.1, -0.05) is 11.6 Å². The van der Waals surface area contributed by atoms with Crippen LogP contribution in [-0.4, -0.2) is 48.1 Å². The molecule has 1 aliphatic heterocycles. The third kappa shape index (κ3) is 2.39. The maximum absolute atomic E-state index is 6.00. The van der Waals surface area contributed by atoms with Crippen molar-refractivity contribution in [2.45, 2.75) is 5.88 Å². The van der Waals surface area contributed by atoms with E-state index in [0.29, 0.717) is 11.0 Å². The van der Waals surface area contributed by atoms with Crippen LogP contribution in [-0.2, 0) is 5.88 Å². The van der Waals surface area contributed by atoms with E-state index in [9.17, 15) is 0 Å². The minimum absolute atomic E-state index is 0.349. The summed E-state index contributed by atoms with van der Waals surface area (Å²) in [5.41, 5.74) is 0.829. The summed E-state index contributed by atoms with van der Waals surface area (Å²) >= 11 is 11.9. The molecule has 88 valence electrons. The standard InChI is InChI=1S/C10H14Cl2N4/c1-15-2-4-16(5-3-15)10-8(6-11)9(12)13-7-14-10/h7H,2-6H2,1H3. The van der Waals surface area contributed by atoms with Crippen LogP contribution >= 0.6 is 23.2 Å². The summed E-state index contributed by atoms with van der Waals surface area (Å²) in [4.78, 5) is 12.7. The Morgan fingerprint density at radius 2 is 1.94 bits per heavy atom. The number of hydrogen-bond acceptors (Lipinski definition) is 4. The van der Waals surface area contributed by atoms with Crippen LogP contribution in [0.15, 0.2) is 6.33 Å². The Labute approximate surface area is 105 Å². The molecule has 1 aliphatic rings. The zero-order chi connectivity index (χ0) is 11.5. The topological polar surface area (TPSA) is 32.3 Å². The molecule has 0 aromatic carbocycles. The molecular formula is C10H14Cl2N4. The van der Waals surface area contributed by atoms with Gasteiger partial charge in [-0.15, -0.1) is 11.6 Å².